The van der Waals surface area contributed by atoms with Crippen molar-refractivity contribution in [3.8, 4) is 11.4 Å². The molecule has 0 fully saturated rings. The SMILES string of the molecule is O=c1[nH]c(-c2ccccc2)nc2ncn(Cc3ccccc3)c12. The maximum absolute atomic E-state index is 12.5. The van der Waals surface area contributed by atoms with Crippen LogP contribution in [0.3, 0.4) is 0 Å². The number of aromatic amines is 1. The molecule has 5 nitrogen and oxygen atoms in total. The molecule has 0 unspecified atom stereocenters. The van der Waals surface area contributed by atoms with Crippen molar-refractivity contribution >= 4 is 11.2 Å². The molecule has 23 heavy (non-hydrogen) atoms. The highest BCUT2D eigenvalue weighted by Crippen LogP contribution is 2.15. The Hall–Kier alpha value is -3.21. The van der Waals surface area contributed by atoms with Crippen LogP contribution in [-0.4, -0.2) is 19.5 Å². The molecule has 112 valence electrons. The summed E-state index contributed by atoms with van der Waals surface area (Å²) >= 11 is 0. The van der Waals surface area contributed by atoms with Crippen LogP contribution >= 0.6 is 0 Å². The van der Waals surface area contributed by atoms with E-state index in [1.54, 1.807) is 6.33 Å². The summed E-state index contributed by atoms with van der Waals surface area (Å²) in [6.07, 6.45) is 1.66. The topological polar surface area (TPSA) is 63.6 Å². The summed E-state index contributed by atoms with van der Waals surface area (Å²) < 4.78 is 1.82. The highest BCUT2D eigenvalue weighted by atomic mass is 16.1. The largest absolute Gasteiger partial charge is 0.320 e. The summed E-state index contributed by atoms with van der Waals surface area (Å²) in [7, 11) is 0. The summed E-state index contributed by atoms with van der Waals surface area (Å²) in [4.78, 5) is 24.1. The van der Waals surface area contributed by atoms with Gasteiger partial charge in [0.15, 0.2) is 11.2 Å². The van der Waals surface area contributed by atoms with Gasteiger partial charge in [-0.25, -0.2) is 9.97 Å². The number of aromatic nitrogens is 4. The van der Waals surface area contributed by atoms with E-state index in [1.807, 2.05) is 65.2 Å². The van der Waals surface area contributed by atoms with Gasteiger partial charge in [-0.05, 0) is 5.56 Å². The molecule has 1 N–H and O–H groups in total. The molecule has 2 aromatic heterocycles. The molecule has 0 radical (unpaired) electrons. The molecular weight excluding hydrogens is 288 g/mol. The average Bonchev–Trinajstić information content (AvgIpc) is 3.00. The molecular formula is C18H14N4O. The van der Waals surface area contributed by atoms with Gasteiger partial charge in [0.05, 0.1) is 6.33 Å². The van der Waals surface area contributed by atoms with E-state index in [1.165, 1.54) is 0 Å². The third-order valence-corrected chi connectivity index (χ3v) is 3.73. The molecule has 4 aromatic rings. The normalized spacial score (nSPS) is 11.0. The fourth-order valence-electron chi connectivity index (χ4n) is 2.62. The molecule has 0 aliphatic carbocycles. The first-order valence-electron chi connectivity index (χ1n) is 7.36. The predicted molar refractivity (Wildman–Crippen MR) is 89.1 cm³/mol. The quantitative estimate of drug-likeness (QED) is 0.633. The van der Waals surface area contributed by atoms with E-state index in [0.717, 1.165) is 11.1 Å². The molecule has 0 atom stereocenters. The van der Waals surface area contributed by atoms with Gasteiger partial charge in [-0.2, -0.15) is 0 Å². The van der Waals surface area contributed by atoms with E-state index < -0.39 is 0 Å². The lowest BCUT2D eigenvalue weighted by atomic mass is 10.2. The van der Waals surface area contributed by atoms with Crippen LogP contribution in [0.2, 0.25) is 0 Å². The lowest BCUT2D eigenvalue weighted by Gasteiger charge is -2.04. The zero-order valence-electron chi connectivity index (χ0n) is 12.3. The molecule has 0 aliphatic heterocycles. The highest BCUT2D eigenvalue weighted by Gasteiger charge is 2.11. The Balaban J connectivity index is 1.80. The number of hydrogen-bond donors (Lipinski definition) is 1. The lowest BCUT2D eigenvalue weighted by molar-refractivity contribution is 0.819. The molecule has 0 saturated heterocycles. The van der Waals surface area contributed by atoms with Crippen molar-refractivity contribution in [2.45, 2.75) is 6.54 Å². The molecule has 0 bridgehead atoms. The maximum atomic E-state index is 12.5. The number of fused-ring (bicyclic) bond motifs is 1. The minimum absolute atomic E-state index is 0.178. The van der Waals surface area contributed by atoms with Gasteiger partial charge >= 0.3 is 0 Å². The van der Waals surface area contributed by atoms with Gasteiger partial charge in [-0.3, -0.25) is 4.79 Å². The number of rotatable bonds is 3. The summed E-state index contributed by atoms with van der Waals surface area (Å²) in [5.74, 6) is 0.535. The Morgan fingerprint density at radius 1 is 0.957 bits per heavy atom. The van der Waals surface area contributed by atoms with E-state index in [9.17, 15) is 4.79 Å². The number of benzene rings is 2. The van der Waals surface area contributed by atoms with Gasteiger partial charge in [0.25, 0.3) is 5.56 Å². The van der Waals surface area contributed by atoms with E-state index >= 15 is 0 Å². The molecule has 0 amide bonds. The van der Waals surface area contributed by atoms with Crippen molar-refractivity contribution < 1.29 is 0 Å². The van der Waals surface area contributed by atoms with E-state index in [-0.39, 0.29) is 5.56 Å². The van der Waals surface area contributed by atoms with Crippen molar-refractivity contribution in [2.75, 3.05) is 0 Å². The summed E-state index contributed by atoms with van der Waals surface area (Å²) in [5, 5.41) is 0. The predicted octanol–water partition coefficient (Wildman–Crippen LogP) is 2.83. The van der Waals surface area contributed by atoms with Gasteiger partial charge < -0.3 is 9.55 Å². The van der Waals surface area contributed by atoms with Crippen LogP contribution in [0.4, 0.5) is 0 Å². The van der Waals surface area contributed by atoms with Crippen LogP contribution in [-0.2, 0) is 6.54 Å². The fourth-order valence-corrected chi connectivity index (χ4v) is 2.62. The van der Waals surface area contributed by atoms with Crippen LogP contribution < -0.4 is 5.56 Å². The van der Waals surface area contributed by atoms with Crippen molar-refractivity contribution in [3.05, 3.63) is 82.9 Å². The second kappa shape index (κ2) is 5.53. The van der Waals surface area contributed by atoms with Crippen molar-refractivity contribution in [1.82, 2.24) is 19.5 Å². The number of hydrogen-bond acceptors (Lipinski definition) is 3. The van der Waals surface area contributed by atoms with Crippen LogP contribution in [0.25, 0.3) is 22.6 Å². The van der Waals surface area contributed by atoms with Crippen molar-refractivity contribution in [3.63, 3.8) is 0 Å². The minimum atomic E-state index is -0.178. The van der Waals surface area contributed by atoms with Gasteiger partial charge in [0, 0.05) is 12.1 Å². The summed E-state index contributed by atoms with van der Waals surface area (Å²) in [6, 6.07) is 19.5. The molecule has 0 saturated carbocycles. The van der Waals surface area contributed by atoms with Crippen LogP contribution in [0.1, 0.15) is 5.56 Å². The van der Waals surface area contributed by atoms with Crippen LogP contribution in [0.15, 0.2) is 71.8 Å². The summed E-state index contributed by atoms with van der Waals surface area (Å²) in [5.41, 5.74) is 2.75. The zero-order chi connectivity index (χ0) is 15.6. The fraction of sp³-hybridized carbons (Fsp3) is 0.0556. The monoisotopic (exact) mass is 302 g/mol. The molecule has 2 heterocycles. The van der Waals surface area contributed by atoms with Crippen molar-refractivity contribution in [1.29, 1.82) is 0 Å². The first-order chi connectivity index (χ1) is 11.3. The minimum Gasteiger partial charge on any atom is -0.320 e. The van der Waals surface area contributed by atoms with Gasteiger partial charge in [0.1, 0.15) is 5.82 Å². The molecule has 4 rings (SSSR count). The molecule has 0 aliphatic rings. The first kappa shape index (κ1) is 13.5. The van der Waals surface area contributed by atoms with E-state index in [4.69, 9.17) is 0 Å². The third kappa shape index (κ3) is 2.53. The number of nitrogens with one attached hydrogen (secondary N) is 1. The van der Waals surface area contributed by atoms with Gasteiger partial charge in [-0.15, -0.1) is 0 Å². The summed E-state index contributed by atoms with van der Waals surface area (Å²) in [6.45, 7) is 0.590. The van der Waals surface area contributed by atoms with Gasteiger partial charge in [-0.1, -0.05) is 60.7 Å². The van der Waals surface area contributed by atoms with Crippen LogP contribution in [0.5, 0.6) is 0 Å². The Kier molecular flexibility index (Phi) is 3.24. The Bertz CT molecular complexity index is 1000. The number of H-pyrrole nitrogens is 1. The molecule has 2 aromatic carbocycles. The van der Waals surface area contributed by atoms with Crippen molar-refractivity contribution in [2.24, 2.45) is 0 Å². The number of nitrogens with zero attached hydrogens (tertiary/aromatic N) is 3. The Labute approximate surface area is 132 Å². The average molecular weight is 302 g/mol. The van der Waals surface area contributed by atoms with E-state index in [0.29, 0.717) is 23.5 Å². The first-order valence-corrected chi connectivity index (χ1v) is 7.36. The zero-order valence-corrected chi connectivity index (χ0v) is 12.3. The van der Waals surface area contributed by atoms with Crippen LogP contribution in [0, 0.1) is 0 Å². The van der Waals surface area contributed by atoms with E-state index in [2.05, 4.69) is 15.0 Å². The molecule has 0 spiro atoms. The number of imidazole rings is 1. The molecule has 5 heteroatoms. The van der Waals surface area contributed by atoms with Gasteiger partial charge in [0.2, 0.25) is 0 Å². The highest BCUT2D eigenvalue weighted by molar-refractivity contribution is 5.72. The second-order valence-corrected chi connectivity index (χ2v) is 5.31. The maximum Gasteiger partial charge on any atom is 0.277 e. The smallest absolute Gasteiger partial charge is 0.277 e. The Morgan fingerprint density at radius 3 is 2.39 bits per heavy atom. The Morgan fingerprint density at radius 2 is 1.65 bits per heavy atom. The lowest BCUT2D eigenvalue weighted by Crippen LogP contribution is -2.13. The standard InChI is InChI=1S/C18H14N4O/c23-18-15-17(20-16(21-18)14-9-5-2-6-10-14)19-12-22(15)11-13-7-3-1-4-8-13/h1-10,12H,11H2,(H,20,21,23). The second-order valence-electron chi connectivity index (χ2n) is 5.31. The third-order valence-electron chi connectivity index (χ3n) is 3.73.